The molecular formula is C35H40N4O2. The average molecular weight is 549 g/mol. The molecule has 2 aliphatic rings. The summed E-state index contributed by atoms with van der Waals surface area (Å²) in [5, 5.41) is 15.1. The predicted octanol–water partition coefficient (Wildman–Crippen LogP) is 7.94. The molecule has 6 rings (SSSR count). The van der Waals surface area contributed by atoms with E-state index in [2.05, 4.69) is 39.5 Å². The number of amides is 1. The largest absolute Gasteiger partial charge is 0.494 e. The molecule has 1 saturated heterocycles. The number of carbonyl (C=O) groups is 1. The Labute approximate surface area is 242 Å². The van der Waals surface area contributed by atoms with Crippen molar-refractivity contribution in [1.29, 1.82) is 0 Å². The molecule has 1 saturated carbocycles. The van der Waals surface area contributed by atoms with E-state index in [1.54, 1.807) is 0 Å². The van der Waals surface area contributed by atoms with Gasteiger partial charge in [0.05, 0.1) is 17.0 Å². The summed E-state index contributed by atoms with van der Waals surface area (Å²) in [5.41, 5.74) is 5.87. The Bertz CT molecular complexity index is 1490. The Hall–Kier alpha value is -3.90. The fourth-order valence-corrected chi connectivity index (χ4v) is 6.40. The van der Waals surface area contributed by atoms with Crippen LogP contribution in [0.15, 0.2) is 77.8 Å². The minimum Gasteiger partial charge on any atom is -0.494 e. The van der Waals surface area contributed by atoms with Crippen LogP contribution in [0.3, 0.4) is 0 Å². The first-order chi connectivity index (χ1) is 20.1. The summed E-state index contributed by atoms with van der Waals surface area (Å²) < 4.78 is 0. The van der Waals surface area contributed by atoms with Crippen molar-refractivity contribution in [3.05, 3.63) is 89.5 Å². The Morgan fingerprint density at radius 3 is 2.39 bits per heavy atom. The first kappa shape index (κ1) is 27.3. The van der Waals surface area contributed by atoms with Gasteiger partial charge in [0, 0.05) is 35.1 Å². The quantitative estimate of drug-likeness (QED) is 0.196. The topological polar surface area (TPSA) is 80.7 Å². The smallest absolute Gasteiger partial charge is 0.224 e. The van der Waals surface area contributed by atoms with Crippen LogP contribution in [0.25, 0.3) is 10.9 Å². The number of benzene rings is 3. The molecule has 3 N–H and O–H groups in total. The molecule has 6 heteroatoms. The molecule has 4 aromatic rings. The first-order valence-electron chi connectivity index (χ1n) is 15.2. The number of hydrogen-bond donors (Lipinski definition) is 3. The molecule has 2 fully saturated rings. The molecule has 41 heavy (non-hydrogen) atoms. The van der Waals surface area contributed by atoms with Crippen LogP contribution in [-0.2, 0) is 11.3 Å². The highest BCUT2D eigenvalue weighted by atomic mass is 16.3. The minimum absolute atomic E-state index is 0.0548. The van der Waals surface area contributed by atoms with Crippen LogP contribution in [0.2, 0.25) is 0 Å². The summed E-state index contributed by atoms with van der Waals surface area (Å²) in [7, 11) is 0. The van der Waals surface area contributed by atoms with Crippen LogP contribution in [0.4, 0.5) is 11.4 Å². The van der Waals surface area contributed by atoms with Crippen molar-refractivity contribution in [2.24, 2.45) is 10.9 Å². The molecule has 1 aliphatic heterocycles. The number of anilines is 1. The Balaban J connectivity index is 1.30. The molecule has 0 bridgehead atoms. The summed E-state index contributed by atoms with van der Waals surface area (Å²) in [6.07, 6.45) is 10.5. The number of piperidine rings is 1. The number of hydrogen-bond acceptors (Lipinski definition) is 4. The van der Waals surface area contributed by atoms with Crippen LogP contribution in [-0.4, -0.2) is 39.7 Å². The van der Waals surface area contributed by atoms with E-state index in [0.717, 1.165) is 47.2 Å². The third kappa shape index (κ3) is 6.71. The summed E-state index contributed by atoms with van der Waals surface area (Å²) in [6, 6.07) is 24.1. The second-order valence-electron chi connectivity index (χ2n) is 11.7. The maximum atomic E-state index is 12.9. The van der Waals surface area contributed by atoms with Gasteiger partial charge in [-0.05, 0) is 80.6 Å². The number of rotatable bonds is 8. The molecule has 0 unspecified atom stereocenters. The molecule has 212 valence electrons. The van der Waals surface area contributed by atoms with E-state index >= 15 is 0 Å². The number of nitrogens with one attached hydrogen (secondary N) is 2. The van der Waals surface area contributed by atoms with E-state index in [1.165, 1.54) is 57.2 Å². The normalized spacial score (nSPS) is 17.1. The summed E-state index contributed by atoms with van der Waals surface area (Å²) in [5.74, 6) is 0.594. The lowest BCUT2D eigenvalue weighted by molar-refractivity contribution is -0.117. The molecule has 1 aromatic heterocycles. The van der Waals surface area contributed by atoms with Crippen molar-refractivity contribution >= 4 is 33.9 Å². The number of aliphatic imine (C=N–C) groups is 1. The van der Waals surface area contributed by atoms with Crippen molar-refractivity contribution in [1.82, 2.24) is 9.88 Å². The van der Waals surface area contributed by atoms with Gasteiger partial charge in [0.15, 0.2) is 5.88 Å². The zero-order chi connectivity index (χ0) is 28.0. The van der Waals surface area contributed by atoms with Gasteiger partial charge in [-0.15, -0.1) is 0 Å². The van der Waals surface area contributed by atoms with Crippen molar-refractivity contribution in [2.45, 2.75) is 64.3 Å². The molecule has 0 radical (unpaired) electrons. The van der Waals surface area contributed by atoms with E-state index in [-0.39, 0.29) is 11.8 Å². The van der Waals surface area contributed by atoms with E-state index in [0.29, 0.717) is 23.6 Å². The van der Waals surface area contributed by atoms with Gasteiger partial charge in [-0.25, -0.2) is 4.99 Å². The summed E-state index contributed by atoms with van der Waals surface area (Å²) >= 11 is 0. The number of aromatic amines is 1. The van der Waals surface area contributed by atoms with Gasteiger partial charge in [-0.2, -0.15) is 0 Å². The lowest BCUT2D eigenvalue weighted by atomic mass is 9.87. The molecule has 3 aromatic carbocycles. The number of H-pyrrole nitrogens is 1. The molecule has 0 spiro atoms. The molecule has 0 atom stereocenters. The number of aromatic hydroxyl groups is 1. The maximum Gasteiger partial charge on any atom is 0.224 e. The van der Waals surface area contributed by atoms with Gasteiger partial charge in [0.25, 0.3) is 0 Å². The molecule has 2 heterocycles. The third-order valence-corrected chi connectivity index (χ3v) is 8.58. The SMILES string of the molecule is O=C(CC1CCCCC1)Nc1ccc2[nH]c(O)c(C(=Nc3ccc(CN4CCCCC4)cc3)c3ccccc3)c2c1. The van der Waals surface area contributed by atoms with E-state index in [1.807, 2.05) is 48.5 Å². The van der Waals surface area contributed by atoms with E-state index < -0.39 is 0 Å². The second-order valence-corrected chi connectivity index (χ2v) is 11.7. The van der Waals surface area contributed by atoms with Gasteiger partial charge < -0.3 is 15.4 Å². The zero-order valence-electron chi connectivity index (χ0n) is 23.7. The lowest BCUT2D eigenvalue weighted by Gasteiger charge is -2.26. The van der Waals surface area contributed by atoms with Crippen molar-refractivity contribution in [2.75, 3.05) is 18.4 Å². The molecule has 1 aliphatic carbocycles. The standard InChI is InChI=1S/C35H40N4O2/c40-32(22-25-10-4-1-5-11-25)36-29-18-19-31-30(23-29)33(35(41)38-31)34(27-12-6-2-7-13-27)37-28-16-14-26(15-17-28)24-39-20-8-3-9-21-39/h2,6-7,12-19,23,25,38,41H,1,3-5,8-11,20-22,24H2,(H,36,40). The Morgan fingerprint density at radius 1 is 0.902 bits per heavy atom. The van der Waals surface area contributed by atoms with Gasteiger partial charge in [-0.1, -0.05) is 68.1 Å². The van der Waals surface area contributed by atoms with E-state index in [4.69, 9.17) is 4.99 Å². The fourth-order valence-electron chi connectivity index (χ4n) is 6.40. The zero-order valence-corrected chi connectivity index (χ0v) is 23.7. The number of fused-ring (bicyclic) bond motifs is 1. The predicted molar refractivity (Wildman–Crippen MR) is 167 cm³/mol. The van der Waals surface area contributed by atoms with Crippen LogP contribution in [0.1, 0.15) is 74.5 Å². The highest BCUT2D eigenvalue weighted by Gasteiger charge is 2.21. The first-order valence-corrected chi connectivity index (χ1v) is 15.2. The third-order valence-electron chi connectivity index (χ3n) is 8.58. The molecule has 6 nitrogen and oxygen atoms in total. The van der Waals surface area contributed by atoms with Gasteiger partial charge in [-0.3, -0.25) is 9.69 Å². The van der Waals surface area contributed by atoms with Gasteiger partial charge >= 0.3 is 0 Å². The highest BCUT2D eigenvalue weighted by Crippen LogP contribution is 2.34. The Morgan fingerprint density at radius 2 is 1.63 bits per heavy atom. The number of carbonyl (C=O) groups excluding carboxylic acids is 1. The number of nitrogens with zero attached hydrogens (tertiary/aromatic N) is 2. The van der Waals surface area contributed by atoms with E-state index in [9.17, 15) is 9.90 Å². The van der Waals surface area contributed by atoms with Gasteiger partial charge in [0.1, 0.15) is 0 Å². The summed E-state index contributed by atoms with van der Waals surface area (Å²) in [4.78, 5) is 23.6. The maximum absolute atomic E-state index is 12.9. The van der Waals surface area contributed by atoms with Crippen LogP contribution < -0.4 is 5.32 Å². The van der Waals surface area contributed by atoms with Crippen LogP contribution in [0, 0.1) is 5.92 Å². The fraction of sp³-hybridized carbons (Fsp3) is 0.371. The van der Waals surface area contributed by atoms with Crippen LogP contribution >= 0.6 is 0 Å². The summed E-state index contributed by atoms with van der Waals surface area (Å²) in [6.45, 7) is 3.30. The van der Waals surface area contributed by atoms with Crippen molar-refractivity contribution < 1.29 is 9.90 Å². The number of likely N-dealkylation sites (tertiary alicyclic amines) is 1. The highest BCUT2D eigenvalue weighted by molar-refractivity contribution is 6.22. The number of aromatic nitrogens is 1. The average Bonchev–Trinajstić information content (AvgIpc) is 3.33. The molecule has 1 amide bonds. The van der Waals surface area contributed by atoms with Gasteiger partial charge in [0.2, 0.25) is 5.91 Å². The second kappa shape index (κ2) is 12.7. The van der Waals surface area contributed by atoms with Crippen molar-refractivity contribution in [3.8, 4) is 5.88 Å². The molecular weight excluding hydrogens is 508 g/mol. The Kier molecular flexibility index (Phi) is 8.47. The minimum atomic E-state index is 0.0548. The lowest BCUT2D eigenvalue weighted by Crippen LogP contribution is -2.28. The monoisotopic (exact) mass is 548 g/mol. The van der Waals surface area contributed by atoms with Crippen molar-refractivity contribution in [3.63, 3.8) is 0 Å². The van der Waals surface area contributed by atoms with Crippen LogP contribution in [0.5, 0.6) is 5.88 Å².